The molecule has 0 heterocycles. The predicted molar refractivity (Wildman–Crippen MR) is 65.5 cm³/mol. The van der Waals surface area contributed by atoms with Crippen LogP contribution in [0.2, 0.25) is 0 Å². The lowest BCUT2D eigenvalue weighted by Gasteiger charge is -2.27. The van der Waals surface area contributed by atoms with Crippen molar-refractivity contribution in [3.63, 3.8) is 0 Å². The van der Waals surface area contributed by atoms with Crippen molar-refractivity contribution in [1.82, 2.24) is 9.21 Å². The quantitative estimate of drug-likeness (QED) is 0.652. The molecule has 92 valence electrons. The van der Waals surface area contributed by atoms with Gasteiger partial charge >= 0.3 is 0 Å². The smallest absolute Gasteiger partial charge is 0.0316 e. The van der Waals surface area contributed by atoms with Crippen molar-refractivity contribution in [2.24, 2.45) is 0 Å². The van der Waals surface area contributed by atoms with E-state index < -0.39 is 11.3 Å². The molecule has 0 saturated heterocycles. The highest BCUT2D eigenvalue weighted by molar-refractivity contribution is 7.76. The van der Waals surface area contributed by atoms with Crippen molar-refractivity contribution >= 4 is 11.3 Å². The first kappa shape index (κ1) is 13.6. The Kier molecular flexibility index (Phi) is 5.90. The minimum atomic E-state index is -2.13. The summed E-state index contributed by atoms with van der Waals surface area (Å²) in [5.74, 6) is 0. The zero-order chi connectivity index (χ0) is 12.0. The summed E-state index contributed by atoms with van der Waals surface area (Å²) >= 11 is -2.13. The van der Waals surface area contributed by atoms with Crippen LogP contribution in [0, 0.1) is 0 Å². The fourth-order valence-corrected chi connectivity index (χ4v) is 2.03. The van der Waals surface area contributed by atoms with E-state index in [0.717, 1.165) is 19.4 Å². The van der Waals surface area contributed by atoms with E-state index in [9.17, 15) is 8.76 Å². The molecule has 0 bridgehead atoms. The Balaban J connectivity index is 2.47. The number of allylic oxidation sites excluding steroid dienone is 3. The van der Waals surface area contributed by atoms with Gasteiger partial charge < -0.3 is 9.45 Å². The van der Waals surface area contributed by atoms with Crippen molar-refractivity contribution in [1.29, 1.82) is 0 Å². The molecule has 1 atom stereocenters. The molecule has 5 heteroatoms. The Bertz CT molecular complexity index is 300. The van der Waals surface area contributed by atoms with Crippen LogP contribution in [0.4, 0.5) is 0 Å². The molecule has 0 radical (unpaired) electrons. The largest absolute Gasteiger partial charge is 0.760 e. The maximum Gasteiger partial charge on any atom is 0.0316 e. The summed E-state index contributed by atoms with van der Waals surface area (Å²) in [5, 5.41) is 0. The molecule has 0 aromatic carbocycles. The number of hydrogen-bond donors (Lipinski definition) is 0. The molecule has 0 aliphatic heterocycles. The van der Waals surface area contributed by atoms with Crippen LogP contribution in [-0.4, -0.2) is 51.7 Å². The van der Waals surface area contributed by atoms with Crippen LogP contribution in [0.15, 0.2) is 23.8 Å². The van der Waals surface area contributed by atoms with Gasteiger partial charge in [0.25, 0.3) is 0 Å². The standard InChI is InChI=1S/C11H20N2O2S/c1-12(2)8-9-13(16(14)15)10-11-6-4-3-5-7-11/h3-4,6H,5,7-10H2,1-2H3,(H,14,15)/p-1. The summed E-state index contributed by atoms with van der Waals surface area (Å²) in [7, 11) is 3.88. The molecule has 0 fully saturated rings. The minimum absolute atomic E-state index is 0.522. The Hall–Kier alpha value is -0.490. The molecule has 16 heavy (non-hydrogen) atoms. The lowest BCUT2D eigenvalue weighted by Crippen LogP contribution is -2.34. The zero-order valence-electron chi connectivity index (χ0n) is 9.89. The number of nitrogens with zero attached hydrogens (tertiary/aromatic N) is 2. The second kappa shape index (κ2) is 6.96. The zero-order valence-corrected chi connectivity index (χ0v) is 10.7. The van der Waals surface area contributed by atoms with Gasteiger partial charge in [-0.1, -0.05) is 23.8 Å². The van der Waals surface area contributed by atoms with Crippen LogP contribution < -0.4 is 0 Å². The average molecular weight is 243 g/mol. The predicted octanol–water partition coefficient (Wildman–Crippen LogP) is 0.921. The Morgan fingerprint density at radius 2 is 2.19 bits per heavy atom. The van der Waals surface area contributed by atoms with Crippen molar-refractivity contribution in [2.45, 2.75) is 12.8 Å². The SMILES string of the molecule is CN(C)CCN(CC1=CC=CCC1)S(=O)[O-]. The maximum atomic E-state index is 11.0. The van der Waals surface area contributed by atoms with Crippen LogP contribution in [0.5, 0.6) is 0 Å². The van der Waals surface area contributed by atoms with E-state index in [1.165, 1.54) is 9.88 Å². The van der Waals surface area contributed by atoms with Crippen LogP contribution in [0.3, 0.4) is 0 Å². The second-order valence-electron chi connectivity index (χ2n) is 4.18. The Morgan fingerprint density at radius 1 is 1.44 bits per heavy atom. The van der Waals surface area contributed by atoms with Crippen LogP contribution in [0.25, 0.3) is 0 Å². The van der Waals surface area contributed by atoms with E-state index in [4.69, 9.17) is 0 Å². The summed E-state index contributed by atoms with van der Waals surface area (Å²) < 4.78 is 23.6. The molecule has 0 spiro atoms. The molecule has 1 unspecified atom stereocenters. The van der Waals surface area contributed by atoms with Crippen molar-refractivity contribution in [3.8, 4) is 0 Å². The molecule has 0 aromatic rings. The van der Waals surface area contributed by atoms with Crippen molar-refractivity contribution < 1.29 is 8.76 Å². The third-order valence-electron chi connectivity index (χ3n) is 2.49. The molecule has 1 aliphatic rings. The van der Waals surface area contributed by atoms with Gasteiger partial charge in [0.15, 0.2) is 0 Å². The molecule has 1 rings (SSSR count). The first-order valence-corrected chi connectivity index (χ1v) is 6.46. The molecule has 4 nitrogen and oxygen atoms in total. The van der Waals surface area contributed by atoms with Crippen LogP contribution >= 0.6 is 0 Å². The van der Waals surface area contributed by atoms with Gasteiger partial charge in [-0.15, -0.1) is 0 Å². The van der Waals surface area contributed by atoms with E-state index >= 15 is 0 Å². The highest BCUT2D eigenvalue weighted by atomic mass is 32.2. The third-order valence-corrected chi connectivity index (χ3v) is 3.22. The molecule has 0 aromatic heterocycles. The number of hydrogen-bond acceptors (Lipinski definition) is 3. The van der Waals surface area contributed by atoms with Gasteiger partial charge in [0.2, 0.25) is 0 Å². The van der Waals surface area contributed by atoms with Crippen LogP contribution in [-0.2, 0) is 11.3 Å². The molecule has 0 saturated carbocycles. The summed E-state index contributed by atoms with van der Waals surface area (Å²) in [6, 6.07) is 0. The van der Waals surface area contributed by atoms with Gasteiger partial charge in [-0.2, -0.15) is 0 Å². The van der Waals surface area contributed by atoms with E-state index in [1.54, 1.807) is 0 Å². The molecule has 0 N–H and O–H groups in total. The van der Waals surface area contributed by atoms with Gasteiger partial charge in [-0.25, -0.2) is 4.31 Å². The Morgan fingerprint density at radius 3 is 2.69 bits per heavy atom. The van der Waals surface area contributed by atoms with E-state index in [0.29, 0.717) is 13.1 Å². The van der Waals surface area contributed by atoms with E-state index in [2.05, 4.69) is 6.08 Å². The molecule has 0 amide bonds. The topological polar surface area (TPSA) is 46.6 Å². The summed E-state index contributed by atoms with van der Waals surface area (Å²) in [5.41, 5.74) is 1.19. The van der Waals surface area contributed by atoms with Crippen molar-refractivity contribution in [2.75, 3.05) is 33.7 Å². The summed E-state index contributed by atoms with van der Waals surface area (Å²) in [6.07, 6.45) is 8.09. The normalized spacial score (nSPS) is 17.9. The van der Waals surface area contributed by atoms with Gasteiger partial charge in [-0.05, 0) is 26.9 Å². The van der Waals surface area contributed by atoms with Crippen molar-refractivity contribution in [3.05, 3.63) is 23.8 Å². The highest BCUT2D eigenvalue weighted by Crippen LogP contribution is 2.13. The van der Waals surface area contributed by atoms with Gasteiger partial charge in [-0.3, -0.25) is 4.21 Å². The maximum absolute atomic E-state index is 11.0. The van der Waals surface area contributed by atoms with Gasteiger partial charge in [0.05, 0.1) is 0 Å². The van der Waals surface area contributed by atoms with E-state index in [-0.39, 0.29) is 0 Å². The fourth-order valence-electron chi connectivity index (χ4n) is 1.53. The highest BCUT2D eigenvalue weighted by Gasteiger charge is 2.09. The molecular weight excluding hydrogens is 224 g/mol. The average Bonchev–Trinajstić information content (AvgIpc) is 2.25. The minimum Gasteiger partial charge on any atom is -0.760 e. The van der Waals surface area contributed by atoms with Gasteiger partial charge in [0, 0.05) is 30.9 Å². The molecular formula is C11H19N2O2S-. The van der Waals surface area contributed by atoms with Gasteiger partial charge in [0.1, 0.15) is 0 Å². The molecule has 1 aliphatic carbocycles. The Labute approximate surface area is 100 Å². The number of likely N-dealkylation sites (N-methyl/N-ethyl adjacent to an activating group) is 1. The lowest BCUT2D eigenvalue weighted by molar-refractivity contribution is 0.334. The fraction of sp³-hybridized carbons (Fsp3) is 0.636. The lowest BCUT2D eigenvalue weighted by atomic mass is 10.1. The third kappa shape index (κ3) is 5.03. The van der Waals surface area contributed by atoms with E-state index in [1.807, 2.05) is 31.1 Å². The first-order chi connectivity index (χ1) is 7.59. The number of rotatable bonds is 6. The second-order valence-corrected chi connectivity index (χ2v) is 5.13. The van der Waals surface area contributed by atoms with Crippen LogP contribution in [0.1, 0.15) is 12.8 Å². The monoisotopic (exact) mass is 243 g/mol. The summed E-state index contributed by atoms with van der Waals surface area (Å²) in [4.78, 5) is 1.98. The first-order valence-electron chi connectivity index (χ1n) is 5.43. The summed E-state index contributed by atoms with van der Waals surface area (Å²) in [6.45, 7) is 1.82.